The molecule has 1 aliphatic rings. The zero-order valence-corrected chi connectivity index (χ0v) is 11.3. The number of carbonyl (C=O) groups excluding carboxylic acids is 1. The van der Waals surface area contributed by atoms with Gasteiger partial charge in [0.2, 0.25) is 0 Å². The number of carbonyl (C=O) groups is 1. The summed E-state index contributed by atoms with van der Waals surface area (Å²) in [6.45, 7) is 6.08. The number of H-pyrrole nitrogens is 1. The van der Waals surface area contributed by atoms with Gasteiger partial charge in [0.1, 0.15) is 0 Å². The van der Waals surface area contributed by atoms with Crippen molar-refractivity contribution in [2.75, 3.05) is 18.8 Å². The van der Waals surface area contributed by atoms with E-state index in [1.807, 2.05) is 23.1 Å². The zero-order chi connectivity index (χ0) is 13.6. The van der Waals surface area contributed by atoms with Crippen LogP contribution >= 0.6 is 0 Å². The molecule has 1 saturated heterocycles. The van der Waals surface area contributed by atoms with Gasteiger partial charge >= 0.3 is 0 Å². The van der Waals surface area contributed by atoms with E-state index >= 15 is 0 Å². The molecule has 3 N–H and O–H groups in total. The molecule has 0 saturated carbocycles. The molecular weight excluding hydrogens is 238 g/mol. The summed E-state index contributed by atoms with van der Waals surface area (Å²) in [5.74, 6) is 1.24. The number of aromatic nitrogens is 1. The Morgan fingerprint density at radius 1 is 1.32 bits per heavy atom. The summed E-state index contributed by atoms with van der Waals surface area (Å²) in [5, 5.41) is 0.914. The summed E-state index contributed by atoms with van der Waals surface area (Å²) in [4.78, 5) is 17.7. The van der Waals surface area contributed by atoms with E-state index in [2.05, 4.69) is 18.8 Å². The van der Waals surface area contributed by atoms with Gasteiger partial charge in [0.25, 0.3) is 5.91 Å². The Morgan fingerprint density at radius 3 is 2.68 bits per heavy atom. The molecule has 2 unspecified atom stereocenters. The molecule has 1 aromatic heterocycles. The maximum absolute atomic E-state index is 12.6. The number of aromatic amines is 1. The van der Waals surface area contributed by atoms with Crippen LogP contribution in [0.1, 0.15) is 24.2 Å². The minimum atomic E-state index is 0.105. The molecule has 2 heterocycles. The Hall–Kier alpha value is -1.97. The van der Waals surface area contributed by atoms with Crippen molar-refractivity contribution in [3.8, 4) is 0 Å². The van der Waals surface area contributed by atoms with E-state index in [1.165, 1.54) is 0 Å². The van der Waals surface area contributed by atoms with Crippen LogP contribution < -0.4 is 5.73 Å². The van der Waals surface area contributed by atoms with Gasteiger partial charge in [-0.1, -0.05) is 13.8 Å². The van der Waals surface area contributed by atoms with Crippen LogP contribution in [-0.2, 0) is 0 Å². The number of amides is 1. The number of anilines is 1. The molecule has 1 aromatic carbocycles. The Morgan fingerprint density at radius 2 is 2.00 bits per heavy atom. The highest BCUT2D eigenvalue weighted by atomic mass is 16.2. The third kappa shape index (κ3) is 1.97. The molecule has 4 heteroatoms. The van der Waals surface area contributed by atoms with E-state index < -0.39 is 0 Å². The number of nitrogens with two attached hydrogens (primary N) is 1. The first-order valence-corrected chi connectivity index (χ1v) is 6.72. The number of hydrogen-bond donors (Lipinski definition) is 2. The van der Waals surface area contributed by atoms with Crippen molar-refractivity contribution < 1.29 is 4.79 Å². The second kappa shape index (κ2) is 4.30. The van der Waals surface area contributed by atoms with Crippen molar-refractivity contribution in [3.63, 3.8) is 0 Å². The lowest BCUT2D eigenvalue weighted by atomic mass is 10.0. The lowest BCUT2D eigenvalue weighted by molar-refractivity contribution is 0.0787. The van der Waals surface area contributed by atoms with Gasteiger partial charge in [-0.3, -0.25) is 4.79 Å². The molecule has 0 spiro atoms. The van der Waals surface area contributed by atoms with Crippen molar-refractivity contribution in [2.24, 2.45) is 11.8 Å². The number of nitrogen functional groups attached to an aromatic ring is 1. The number of likely N-dealkylation sites (tertiary alicyclic amines) is 1. The van der Waals surface area contributed by atoms with Gasteiger partial charge in [-0.25, -0.2) is 0 Å². The van der Waals surface area contributed by atoms with Gasteiger partial charge in [0.05, 0.1) is 5.56 Å². The molecule has 2 atom stereocenters. The SMILES string of the molecule is CC1CN(C(=O)c2c[nH]c3ccc(N)cc23)CC1C. The number of nitrogens with one attached hydrogen (secondary N) is 1. The fraction of sp³-hybridized carbons (Fsp3) is 0.400. The molecule has 3 rings (SSSR count). The van der Waals surface area contributed by atoms with Crippen molar-refractivity contribution >= 4 is 22.5 Å². The highest BCUT2D eigenvalue weighted by Gasteiger charge is 2.30. The molecule has 0 radical (unpaired) electrons. The van der Waals surface area contributed by atoms with E-state index in [9.17, 15) is 4.79 Å². The summed E-state index contributed by atoms with van der Waals surface area (Å²) in [6, 6.07) is 5.62. The molecule has 1 fully saturated rings. The lowest BCUT2D eigenvalue weighted by Crippen LogP contribution is -2.28. The Balaban J connectivity index is 1.96. The fourth-order valence-corrected chi connectivity index (χ4v) is 2.78. The average molecular weight is 257 g/mol. The molecule has 0 aliphatic carbocycles. The molecule has 2 aromatic rings. The van der Waals surface area contributed by atoms with Crippen molar-refractivity contribution in [1.29, 1.82) is 0 Å². The van der Waals surface area contributed by atoms with E-state index in [-0.39, 0.29) is 5.91 Å². The monoisotopic (exact) mass is 257 g/mol. The number of nitrogens with zero attached hydrogens (tertiary/aromatic N) is 1. The second-order valence-corrected chi connectivity index (χ2v) is 5.67. The maximum atomic E-state index is 12.6. The largest absolute Gasteiger partial charge is 0.399 e. The maximum Gasteiger partial charge on any atom is 0.256 e. The number of hydrogen-bond acceptors (Lipinski definition) is 2. The topological polar surface area (TPSA) is 62.1 Å². The molecule has 1 amide bonds. The lowest BCUT2D eigenvalue weighted by Gasteiger charge is -2.15. The summed E-state index contributed by atoms with van der Waals surface area (Å²) >= 11 is 0. The standard InChI is InChI=1S/C15H19N3O/c1-9-7-18(8-10(9)2)15(19)13-6-17-14-4-3-11(16)5-12(13)14/h3-6,9-10,17H,7-8,16H2,1-2H3. The van der Waals surface area contributed by atoms with Crippen LogP contribution in [0.25, 0.3) is 10.9 Å². The Kier molecular flexibility index (Phi) is 2.73. The predicted molar refractivity (Wildman–Crippen MR) is 76.9 cm³/mol. The van der Waals surface area contributed by atoms with Crippen LogP contribution in [0.3, 0.4) is 0 Å². The Bertz CT molecular complexity index is 621. The smallest absolute Gasteiger partial charge is 0.256 e. The van der Waals surface area contributed by atoms with Crippen LogP contribution in [0.2, 0.25) is 0 Å². The van der Waals surface area contributed by atoms with Crippen LogP contribution in [0.15, 0.2) is 24.4 Å². The van der Waals surface area contributed by atoms with Gasteiger partial charge in [-0.2, -0.15) is 0 Å². The molecule has 100 valence electrons. The van der Waals surface area contributed by atoms with Crippen LogP contribution in [0.4, 0.5) is 5.69 Å². The minimum Gasteiger partial charge on any atom is -0.399 e. The molecule has 0 bridgehead atoms. The number of rotatable bonds is 1. The normalized spacial score (nSPS) is 23.2. The summed E-state index contributed by atoms with van der Waals surface area (Å²) in [7, 11) is 0. The first kappa shape index (κ1) is 12.1. The van der Waals surface area contributed by atoms with E-state index in [0.717, 1.165) is 29.6 Å². The summed E-state index contributed by atoms with van der Waals surface area (Å²) < 4.78 is 0. The molecule has 19 heavy (non-hydrogen) atoms. The molecular formula is C15H19N3O. The third-order valence-electron chi connectivity index (χ3n) is 4.21. The van der Waals surface area contributed by atoms with E-state index in [1.54, 1.807) is 6.20 Å². The van der Waals surface area contributed by atoms with Gasteiger partial charge in [0, 0.05) is 35.9 Å². The van der Waals surface area contributed by atoms with E-state index in [0.29, 0.717) is 17.5 Å². The molecule has 1 aliphatic heterocycles. The summed E-state index contributed by atoms with van der Waals surface area (Å²) in [6.07, 6.45) is 1.79. The third-order valence-corrected chi connectivity index (χ3v) is 4.21. The van der Waals surface area contributed by atoms with Gasteiger partial charge < -0.3 is 15.6 Å². The first-order chi connectivity index (χ1) is 9.06. The molecule has 4 nitrogen and oxygen atoms in total. The summed E-state index contributed by atoms with van der Waals surface area (Å²) in [5.41, 5.74) is 8.18. The predicted octanol–water partition coefficient (Wildman–Crippen LogP) is 2.48. The average Bonchev–Trinajstić information content (AvgIpc) is 2.93. The van der Waals surface area contributed by atoms with Crippen molar-refractivity contribution in [1.82, 2.24) is 9.88 Å². The van der Waals surface area contributed by atoms with Gasteiger partial charge in [-0.05, 0) is 30.0 Å². The van der Waals surface area contributed by atoms with Crippen LogP contribution in [0, 0.1) is 11.8 Å². The highest BCUT2D eigenvalue weighted by molar-refractivity contribution is 6.07. The highest BCUT2D eigenvalue weighted by Crippen LogP contribution is 2.27. The van der Waals surface area contributed by atoms with Gasteiger partial charge in [-0.15, -0.1) is 0 Å². The number of benzene rings is 1. The zero-order valence-electron chi connectivity index (χ0n) is 11.3. The number of fused-ring (bicyclic) bond motifs is 1. The van der Waals surface area contributed by atoms with Crippen LogP contribution in [-0.4, -0.2) is 28.9 Å². The van der Waals surface area contributed by atoms with Crippen LogP contribution in [0.5, 0.6) is 0 Å². The minimum absolute atomic E-state index is 0.105. The van der Waals surface area contributed by atoms with Crippen molar-refractivity contribution in [3.05, 3.63) is 30.0 Å². The fourth-order valence-electron chi connectivity index (χ4n) is 2.78. The van der Waals surface area contributed by atoms with E-state index in [4.69, 9.17) is 5.73 Å². The van der Waals surface area contributed by atoms with Crippen molar-refractivity contribution in [2.45, 2.75) is 13.8 Å². The van der Waals surface area contributed by atoms with Gasteiger partial charge in [0.15, 0.2) is 0 Å². The second-order valence-electron chi connectivity index (χ2n) is 5.67. The Labute approximate surface area is 112 Å². The quantitative estimate of drug-likeness (QED) is 0.771. The first-order valence-electron chi connectivity index (χ1n) is 6.72.